The van der Waals surface area contributed by atoms with Crippen LogP contribution in [-0.2, 0) is 6.18 Å². The van der Waals surface area contributed by atoms with Gasteiger partial charge in [0.15, 0.2) is 0 Å². The van der Waals surface area contributed by atoms with Gasteiger partial charge in [0.1, 0.15) is 12.4 Å². The Morgan fingerprint density at radius 1 is 1.24 bits per heavy atom. The molecule has 1 aliphatic rings. The van der Waals surface area contributed by atoms with Crippen LogP contribution < -0.4 is 10.5 Å². The molecule has 2 rings (SSSR count). The van der Waals surface area contributed by atoms with Crippen LogP contribution in [0.4, 0.5) is 13.2 Å². The fourth-order valence-electron chi connectivity index (χ4n) is 1.59. The summed E-state index contributed by atoms with van der Waals surface area (Å²) in [5.41, 5.74) is 5.15. The van der Waals surface area contributed by atoms with Gasteiger partial charge in [-0.1, -0.05) is 0 Å². The van der Waals surface area contributed by atoms with Crippen molar-refractivity contribution in [3.05, 3.63) is 29.8 Å². The van der Waals surface area contributed by atoms with Gasteiger partial charge in [0.2, 0.25) is 0 Å². The third kappa shape index (κ3) is 3.36. The predicted molar refractivity (Wildman–Crippen MR) is 57.6 cm³/mol. The van der Waals surface area contributed by atoms with E-state index in [4.69, 9.17) is 10.5 Å². The fourth-order valence-corrected chi connectivity index (χ4v) is 1.59. The van der Waals surface area contributed by atoms with Crippen LogP contribution in [0.1, 0.15) is 18.4 Å². The topological polar surface area (TPSA) is 35.2 Å². The lowest BCUT2D eigenvalue weighted by Gasteiger charge is -2.13. The van der Waals surface area contributed by atoms with E-state index < -0.39 is 11.7 Å². The Labute approximate surface area is 97.6 Å². The smallest absolute Gasteiger partial charge is 0.416 e. The number of rotatable bonds is 4. The second-order valence-corrected chi connectivity index (χ2v) is 4.33. The third-order valence-electron chi connectivity index (χ3n) is 2.85. The summed E-state index contributed by atoms with van der Waals surface area (Å²) >= 11 is 0. The molecule has 1 aromatic carbocycles. The molecule has 1 atom stereocenters. The second kappa shape index (κ2) is 4.56. The van der Waals surface area contributed by atoms with Crippen molar-refractivity contribution in [1.29, 1.82) is 0 Å². The van der Waals surface area contributed by atoms with Crippen molar-refractivity contribution in [2.75, 3.05) is 6.61 Å². The molecule has 94 valence electrons. The van der Waals surface area contributed by atoms with Crippen molar-refractivity contribution in [3.63, 3.8) is 0 Å². The Kier molecular flexibility index (Phi) is 3.28. The van der Waals surface area contributed by atoms with Crippen LogP contribution >= 0.6 is 0 Å². The highest BCUT2D eigenvalue weighted by Gasteiger charge is 2.30. The van der Waals surface area contributed by atoms with E-state index in [9.17, 15) is 13.2 Å². The summed E-state index contributed by atoms with van der Waals surface area (Å²) in [4.78, 5) is 0. The largest absolute Gasteiger partial charge is 0.492 e. The van der Waals surface area contributed by atoms with Crippen LogP contribution in [0.25, 0.3) is 0 Å². The van der Waals surface area contributed by atoms with Crippen molar-refractivity contribution in [2.24, 2.45) is 11.7 Å². The zero-order valence-electron chi connectivity index (χ0n) is 9.20. The van der Waals surface area contributed by atoms with E-state index in [2.05, 4.69) is 0 Å². The summed E-state index contributed by atoms with van der Waals surface area (Å²) in [7, 11) is 0. The summed E-state index contributed by atoms with van der Waals surface area (Å²) in [5, 5.41) is 0. The van der Waals surface area contributed by atoms with Crippen LogP contribution in [-0.4, -0.2) is 12.6 Å². The number of benzene rings is 1. The number of hydrogen-bond donors (Lipinski definition) is 1. The molecule has 0 radical (unpaired) electrons. The van der Waals surface area contributed by atoms with Gasteiger partial charge in [-0.05, 0) is 43.0 Å². The SMILES string of the molecule is NC(COc1ccc(C(F)(F)F)cc1)C1CC1. The molecule has 1 aromatic rings. The van der Waals surface area contributed by atoms with Crippen molar-refractivity contribution >= 4 is 0 Å². The first kappa shape index (κ1) is 12.2. The molecule has 0 saturated heterocycles. The molecular weight excluding hydrogens is 231 g/mol. The van der Waals surface area contributed by atoms with E-state index >= 15 is 0 Å². The summed E-state index contributed by atoms with van der Waals surface area (Å²) in [6, 6.07) is 4.65. The van der Waals surface area contributed by atoms with Crippen molar-refractivity contribution in [3.8, 4) is 5.75 Å². The van der Waals surface area contributed by atoms with Gasteiger partial charge in [0, 0.05) is 6.04 Å². The molecule has 1 unspecified atom stereocenters. The normalized spacial score (nSPS) is 17.9. The van der Waals surface area contributed by atoms with Gasteiger partial charge in [-0.15, -0.1) is 0 Å². The molecule has 1 fully saturated rings. The van der Waals surface area contributed by atoms with Gasteiger partial charge >= 0.3 is 6.18 Å². The maximum atomic E-state index is 12.3. The Bertz CT molecular complexity index is 370. The Morgan fingerprint density at radius 3 is 2.29 bits per heavy atom. The van der Waals surface area contributed by atoms with E-state index in [0.29, 0.717) is 18.3 Å². The van der Waals surface area contributed by atoms with Crippen LogP contribution in [0.3, 0.4) is 0 Å². The minimum atomic E-state index is -4.30. The van der Waals surface area contributed by atoms with E-state index in [1.165, 1.54) is 12.1 Å². The van der Waals surface area contributed by atoms with Crippen LogP contribution in [0.5, 0.6) is 5.75 Å². The van der Waals surface area contributed by atoms with Crippen molar-refractivity contribution < 1.29 is 17.9 Å². The minimum absolute atomic E-state index is 0.0164. The summed E-state index contributed by atoms with van der Waals surface area (Å²) < 4.78 is 42.2. The Balaban J connectivity index is 1.89. The summed E-state index contributed by atoms with van der Waals surface area (Å²) in [5.74, 6) is 0.943. The highest BCUT2D eigenvalue weighted by molar-refractivity contribution is 5.28. The van der Waals surface area contributed by atoms with Crippen LogP contribution in [0.15, 0.2) is 24.3 Å². The molecule has 0 aromatic heterocycles. The molecule has 0 spiro atoms. The summed E-state index contributed by atoms with van der Waals surface area (Å²) in [6.45, 7) is 0.357. The van der Waals surface area contributed by atoms with Crippen molar-refractivity contribution in [1.82, 2.24) is 0 Å². The molecule has 0 heterocycles. The molecule has 5 heteroatoms. The zero-order chi connectivity index (χ0) is 12.5. The molecule has 0 aliphatic heterocycles. The molecule has 1 aliphatic carbocycles. The lowest BCUT2D eigenvalue weighted by molar-refractivity contribution is -0.137. The monoisotopic (exact) mass is 245 g/mol. The standard InChI is InChI=1S/C12H14F3NO/c13-12(14,15)9-3-5-10(6-4-9)17-7-11(16)8-1-2-8/h3-6,8,11H,1-2,7,16H2. The fraction of sp³-hybridized carbons (Fsp3) is 0.500. The minimum Gasteiger partial charge on any atom is -0.492 e. The molecule has 0 amide bonds. The predicted octanol–water partition coefficient (Wildman–Crippen LogP) is 2.82. The molecular formula is C12H14F3NO. The van der Waals surface area contributed by atoms with E-state index in [1.54, 1.807) is 0 Å². The first-order valence-electron chi connectivity index (χ1n) is 5.52. The van der Waals surface area contributed by atoms with Crippen LogP contribution in [0, 0.1) is 5.92 Å². The van der Waals surface area contributed by atoms with Gasteiger partial charge in [-0.25, -0.2) is 0 Å². The average Bonchev–Trinajstić information content (AvgIpc) is 3.09. The number of alkyl halides is 3. The quantitative estimate of drug-likeness (QED) is 0.885. The number of ether oxygens (including phenoxy) is 1. The first-order valence-corrected chi connectivity index (χ1v) is 5.52. The van der Waals surface area contributed by atoms with E-state index in [1.807, 2.05) is 0 Å². The summed E-state index contributed by atoms with van der Waals surface area (Å²) in [6.07, 6.45) is -2.06. The van der Waals surface area contributed by atoms with E-state index in [-0.39, 0.29) is 6.04 Å². The van der Waals surface area contributed by atoms with Gasteiger partial charge in [0.05, 0.1) is 5.56 Å². The maximum absolute atomic E-state index is 12.3. The maximum Gasteiger partial charge on any atom is 0.416 e. The first-order chi connectivity index (χ1) is 7.97. The lowest BCUT2D eigenvalue weighted by atomic mass is 10.2. The number of hydrogen-bond acceptors (Lipinski definition) is 2. The lowest BCUT2D eigenvalue weighted by Crippen LogP contribution is -2.29. The molecule has 17 heavy (non-hydrogen) atoms. The van der Waals surface area contributed by atoms with Gasteiger partial charge in [-0.2, -0.15) is 13.2 Å². The second-order valence-electron chi connectivity index (χ2n) is 4.33. The highest BCUT2D eigenvalue weighted by atomic mass is 19.4. The number of halogens is 3. The Morgan fingerprint density at radius 2 is 1.82 bits per heavy atom. The van der Waals surface area contributed by atoms with Gasteiger partial charge in [0.25, 0.3) is 0 Å². The van der Waals surface area contributed by atoms with Gasteiger partial charge in [-0.3, -0.25) is 0 Å². The van der Waals surface area contributed by atoms with Crippen LogP contribution in [0.2, 0.25) is 0 Å². The highest BCUT2D eigenvalue weighted by Crippen LogP contribution is 2.32. The third-order valence-corrected chi connectivity index (χ3v) is 2.85. The molecule has 2 nitrogen and oxygen atoms in total. The average molecular weight is 245 g/mol. The van der Waals surface area contributed by atoms with Crippen molar-refractivity contribution in [2.45, 2.75) is 25.1 Å². The Hall–Kier alpha value is -1.23. The molecule has 0 bridgehead atoms. The zero-order valence-corrected chi connectivity index (χ0v) is 9.20. The van der Waals surface area contributed by atoms with E-state index in [0.717, 1.165) is 25.0 Å². The molecule has 1 saturated carbocycles. The number of nitrogens with two attached hydrogens (primary N) is 1. The van der Waals surface area contributed by atoms with Gasteiger partial charge < -0.3 is 10.5 Å². The molecule has 2 N–H and O–H groups in total.